The molecule has 0 fully saturated rings. The van der Waals surface area contributed by atoms with E-state index in [1.165, 1.54) is 27.3 Å². The number of hydrogen-bond donors (Lipinski definition) is 2. The van der Waals surface area contributed by atoms with Crippen molar-refractivity contribution in [3.8, 4) is 22.6 Å². The molecule has 0 saturated carbocycles. The van der Waals surface area contributed by atoms with Crippen molar-refractivity contribution in [1.82, 2.24) is 24.3 Å². The zero-order valence-electron chi connectivity index (χ0n) is 22.8. The SMILES string of the molecule is CNCCN(C)C.Cc1cc(F)cc(C)c1Oc1cn(C)c(=O)cc1-c1cn(C)c(=O)c2[nH]c(C=O)cc12. The number of H-pyrrole nitrogens is 1. The molecule has 9 nitrogen and oxygen atoms in total. The lowest BCUT2D eigenvalue weighted by Crippen LogP contribution is -2.23. The highest BCUT2D eigenvalue weighted by Crippen LogP contribution is 2.37. The fourth-order valence-electron chi connectivity index (χ4n) is 4.03. The maximum atomic E-state index is 13.7. The van der Waals surface area contributed by atoms with E-state index in [2.05, 4.69) is 29.3 Å². The van der Waals surface area contributed by atoms with Crippen molar-refractivity contribution in [3.05, 3.63) is 80.0 Å². The van der Waals surface area contributed by atoms with Crippen LogP contribution in [0.1, 0.15) is 21.6 Å². The van der Waals surface area contributed by atoms with Gasteiger partial charge in [-0.2, -0.15) is 0 Å². The van der Waals surface area contributed by atoms with Crippen LogP contribution in [-0.4, -0.2) is 59.5 Å². The highest BCUT2D eigenvalue weighted by Gasteiger charge is 2.19. The summed E-state index contributed by atoms with van der Waals surface area (Å²) in [6.07, 6.45) is 3.76. The summed E-state index contributed by atoms with van der Waals surface area (Å²) in [7, 11) is 9.28. The van der Waals surface area contributed by atoms with E-state index in [0.717, 1.165) is 13.1 Å². The Balaban J connectivity index is 0.000000505. The second-order valence-corrected chi connectivity index (χ2v) is 9.47. The molecule has 4 rings (SSSR count). The minimum absolute atomic E-state index is 0.246. The predicted octanol–water partition coefficient (Wildman–Crippen LogP) is 3.36. The van der Waals surface area contributed by atoms with Crippen molar-refractivity contribution in [2.45, 2.75) is 13.8 Å². The van der Waals surface area contributed by atoms with Crippen molar-refractivity contribution in [1.29, 1.82) is 0 Å². The molecule has 202 valence electrons. The van der Waals surface area contributed by atoms with Crippen molar-refractivity contribution < 1.29 is 13.9 Å². The van der Waals surface area contributed by atoms with Crippen LogP contribution in [0.2, 0.25) is 0 Å². The molecule has 0 saturated heterocycles. The second-order valence-electron chi connectivity index (χ2n) is 9.47. The smallest absolute Gasteiger partial charge is 0.274 e. The highest BCUT2D eigenvalue weighted by atomic mass is 19.1. The Labute approximate surface area is 220 Å². The Bertz CT molecular complexity index is 1560. The molecule has 0 amide bonds. The first-order chi connectivity index (χ1) is 18.0. The summed E-state index contributed by atoms with van der Waals surface area (Å²) in [5.41, 5.74) is 2.13. The fraction of sp³-hybridized carbons (Fsp3) is 0.321. The van der Waals surface area contributed by atoms with Crippen LogP contribution in [0.25, 0.3) is 22.0 Å². The molecule has 2 N–H and O–H groups in total. The van der Waals surface area contributed by atoms with E-state index in [1.807, 2.05) is 7.05 Å². The van der Waals surface area contributed by atoms with Crippen LogP contribution >= 0.6 is 0 Å². The van der Waals surface area contributed by atoms with Crippen LogP contribution in [0.5, 0.6) is 11.5 Å². The number of aryl methyl sites for hydroxylation is 4. The van der Waals surface area contributed by atoms with Gasteiger partial charge in [0.2, 0.25) is 0 Å². The maximum absolute atomic E-state index is 13.7. The molecule has 0 atom stereocenters. The van der Waals surface area contributed by atoms with E-state index in [9.17, 15) is 18.8 Å². The Morgan fingerprint density at radius 2 is 1.68 bits per heavy atom. The van der Waals surface area contributed by atoms with Gasteiger partial charge in [-0.25, -0.2) is 4.39 Å². The van der Waals surface area contributed by atoms with Gasteiger partial charge in [-0.15, -0.1) is 0 Å². The third kappa shape index (κ3) is 6.27. The lowest BCUT2D eigenvalue weighted by atomic mass is 10.0. The number of ether oxygens (including phenoxy) is 1. The molecule has 0 aliphatic heterocycles. The number of likely N-dealkylation sites (N-methyl/N-ethyl adjacent to an activating group) is 2. The van der Waals surface area contributed by atoms with E-state index in [0.29, 0.717) is 45.4 Å². The molecule has 10 heteroatoms. The summed E-state index contributed by atoms with van der Waals surface area (Å²) in [5.74, 6) is 0.468. The summed E-state index contributed by atoms with van der Waals surface area (Å²) in [6, 6.07) is 5.72. The number of benzene rings is 1. The molecule has 38 heavy (non-hydrogen) atoms. The molecule has 3 aromatic heterocycles. The number of fused-ring (bicyclic) bond motifs is 1. The number of carbonyl (C=O) groups is 1. The first-order valence-corrected chi connectivity index (χ1v) is 12.1. The molecule has 0 aliphatic carbocycles. The standard InChI is InChI=1S/C23H20FN3O4.C5H14N2/c1-12-5-14(24)6-13(2)22(12)31-19-10-26(3)20(29)8-16(19)18-9-27(4)23(30)21-17(18)7-15(11-28)25-21;1-6-4-5-7(2)3/h5-11,25H,1-4H3;6H,4-5H2,1-3H3. The summed E-state index contributed by atoms with van der Waals surface area (Å²) >= 11 is 0. The van der Waals surface area contributed by atoms with Crippen LogP contribution < -0.4 is 21.2 Å². The summed E-state index contributed by atoms with van der Waals surface area (Å²) in [6.45, 7) is 5.67. The fourth-order valence-corrected chi connectivity index (χ4v) is 4.03. The largest absolute Gasteiger partial charge is 0.455 e. The quantitative estimate of drug-likeness (QED) is 0.360. The number of aldehydes is 1. The molecule has 0 bridgehead atoms. The van der Waals surface area contributed by atoms with E-state index < -0.39 is 0 Å². The first-order valence-electron chi connectivity index (χ1n) is 12.1. The van der Waals surface area contributed by atoms with Crippen LogP contribution in [0.3, 0.4) is 0 Å². The van der Waals surface area contributed by atoms with Gasteiger partial charge in [-0.05, 0) is 64.3 Å². The van der Waals surface area contributed by atoms with Gasteiger partial charge < -0.3 is 29.1 Å². The van der Waals surface area contributed by atoms with Crippen molar-refractivity contribution >= 4 is 17.2 Å². The second kappa shape index (κ2) is 12.0. The van der Waals surface area contributed by atoms with Crippen molar-refractivity contribution in [2.24, 2.45) is 14.1 Å². The zero-order chi connectivity index (χ0) is 28.1. The van der Waals surface area contributed by atoms with Gasteiger partial charge in [0.15, 0.2) is 12.0 Å². The lowest BCUT2D eigenvalue weighted by molar-refractivity contribution is 0.111. The van der Waals surface area contributed by atoms with Gasteiger partial charge in [0.25, 0.3) is 11.1 Å². The van der Waals surface area contributed by atoms with E-state index >= 15 is 0 Å². The van der Waals surface area contributed by atoms with Gasteiger partial charge in [-0.3, -0.25) is 14.4 Å². The average Bonchev–Trinajstić information content (AvgIpc) is 3.29. The van der Waals surface area contributed by atoms with Gasteiger partial charge in [-0.1, -0.05) is 0 Å². The number of pyridine rings is 2. The normalized spacial score (nSPS) is 11.0. The number of carbonyl (C=O) groups excluding carboxylic acids is 1. The van der Waals surface area contributed by atoms with Crippen molar-refractivity contribution in [2.75, 3.05) is 34.2 Å². The molecule has 4 aromatic rings. The number of aromatic nitrogens is 3. The highest BCUT2D eigenvalue weighted by molar-refractivity contribution is 5.99. The summed E-state index contributed by atoms with van der Waals surface area (Å²) in [5, 5.41) is 3.55. The van der Waals surface area contributed by atoms with Gasteiger partial charge in [0, 0.05) is 56.0 Å². The third-order valence-corrected chi connectivity index (χ3v) is 6.04. The molecular weight excluding hydrogens is 489 g/mol. The number of rotatable bonds is 7. The zero-order valence-corrected chi connectivity index (χ0v) is 22.8. The molecule has 0 aliphatic rings. The molecule has 0 unspecified atom stereocenters. The van der Waals surface area contributed by atoms with Gasteiger partial charge in [0.05, 0.1) is 11.9 Å². The molecule has 0 spiro atoms. The van der Waals surface area contributed by atoms with Crippen LogP contribution in [0.15, 0.2) is 46.2 Å². The third-order valence-electron chi connectivity index (χ3n) is 6.04. The van der Waals surface area contributed by atoms with Crippen molar-refractivity contribution in [3.63, 3.8) is 0 Å². The van der Waals surface area contributed by atoms with Crippen LogP contribution in [-0.2, 0) is 14.1 Å². The first kappa shape index (κ1) is 28.5. The molecule has 1 aromatic carbocycles. The van der Waals surface area contributed by atoms with Gasteiger partial charge in [0.1, 0.15) is 17.1 Å². The Morgan fingerprint density at radius 1 is 1.03 bits per heavy atom. The summed E-state index contributed by atoms with van der Waals surface area (Å²) in [4.78, 5) is 41.3. The van der Waals surface area contributed by atoms with E-state index in [4.69, 9.17) is 4.74 Å². The van der Waals surface area contributed by atoms with Crippen LogP contribution in [0.4, 0.5) is 4.39 Å². The topological polar surface area (TPSA) is 101 Å². The number of nitrogens with zero attached hydrogens (tertiary/aromatic N) is 3. The molecular formula is C28H34FN5O4. The Morgan fingerprint density at radius 3 is 2.24 bits per heavy atom. The van der Waals surface area contributed by atoms with Crippen LogP contribution in [0, 0.1) is 19.7 Å². The summed E-state index contributed by atoms with van der Waals surface area (Å²) < 4.78 is 22.7. The Hall–Kier alpha value is -4.02. The maximum Gasteiger partial charge on any atom is 0.274 e. The van der Waals surface area contributed by atoms with E-state index in [-0.39, 0.29) is 28.1 Å². The predicted molar refractivity (Wildman–Crippen MR) is 148 cm³/mol. The molecule has 3 heterocycles. The number of halogens is 1. The van der Waals surface area contributed by atoms with E-state index in [1.54, 1.807) is 46.4 Å². The number of hydrogen-bond acceptors (Lipinski definition) is 6. The minimum Gasteiger partial charge on any atom is -0.455 e. The Kier molecular flexibility index (Phi) is 9.03. The number of aromatic amines is 1. The van der Waals surface area contributed by atoms with Gasteiger partial charge >= 0.3 is 0 Å². The lowest BCUT2D eigenvalue weighted by Gasteiger charge is -2.17. The minimum atomic E-state index is -0.364. The monoisotopic (exact) mass is 523 g/mol. The molecule has 0 radical (unpaired) electrons. The number of nitrogens with one attached hydrogen (secondary N) is 2. The average molecular weight is 524 g/mol.